The van der Waals surface area contributed by atoms with Crippen LogP contribution < -0.4 is 15.4 Å². The molecule has 2 aromatic rings. The molecule has 0 saturated carbocycles. The van der Waals surface area contributed by atoms with E-state index in [0.717, 1.165) is 61.3 Å². The average molecular weight is 549 g/mol. The monoisotopic (exact) mass is 548 g/mol. The van der Waals surface area contributed by atoms with Gasteiger partial charge in [0.05, 0.1) is 13.2 Å². The second kappa shape index (κ2) is 12.3. The summed E-state index contributed by atoms with van der Waals surface area (Å²) in [5, 5.41) is 15.7. The SMILES string of the molecule is COc1ccc(CCNC(=NCc2nnc(C)n2C)NCC2CCCO2)c(Cl)c1.I. The lowest BCUT2D eigenvalue weighted by Crippen LogP contribution is -2.42. The first-order valence-electron chi connectivity index (χ1n) is 9.88. The largest absolute Gasteiger partial charge is 0.497 e. The highest BCUT2D eigenvalue weighted by atomic mass is 127. The first-order chi connectivity index (χ1) is 14.1. The number of nitrogens with one attached hydrogen (secondary N) is 2. The molecule has 1 fully saturated rings. The van der Waals surface area contributed by atoms with Gasteiger partial charge in [0.25, 0.3) is 0 Å². The molecule has 0 amide bonds. The van der Waals surface area contributed by atoms with E-state index in [1.165, 1.54) is 0 Å². The number of nitrogens with zero attached hydrogens (tertiary/aromatic N) is 4. The molecule has 8 nitrogen and oxygen atoms in total. The highest BCUT2D eigenvalue weighted by Crippen LogP contribution is 2.22. The predicted octanol–water partition coefficient (Wildman–Crippen LogP) is 2.86. The lowest BCUT2D eigenvalue weighted by molar-refractivity contribution is 0.114. The van der Waals surface area contributed by atoms with Gasteiger partial charge in [-0.1, -0.05) is 17.7 Å². The van der Waals surface area contributed by atoms with Crippen molar-refractivity contribution in [1.82, 2.24) is 25.4 Å². The van der Waals surface area contributed by atoms with Crippen LogP contribution in [0.5, 0.6) is 5.75 Å². The molecule has 1 saturated heterocycles. The Kier molecular flexibility index (Phi) is 10.1. The first kappa shape index (κ1) is 24.7. The lowest BCUT2D eigenvalue weighted by Gasteiger charge is -2.16. The molecule has 1 atom stereocenters. The van der Waals surface area contributed by atoms with E-state index in [4.69, 9.17) is 21.1 Å². The van der Waals surface area contributed by atoms with Crippen LogP contribution >= 0.6 is 35.6 Å². The Morgan fingerprint density at radius 1 is 1.37 bits per heavy atom. The van der Waals surface area contributed by atoms with Gasteiger partial charge in [-0.15, -0.1) is 34.2 Å². The molecule has 2 heterocycles. The van der Waals surface area contributed by atoms with Gasteiger partial charge in [-0.25, -0.2) is 4.99 Å². The summed E-state index contributed by atoms with van der Waals surface area (Å²) in [6.45, 7) is 4.63. The summed E-state index contributed by atoms with van der Waals surface area (Å²) in [6, 6.07) is 5.74. The molecule has 30 heavy (non-hydrogen) atoms. The van der Waals surface area contributed by atoms with Crippen LogP contribution in [-0.2, 0) is 24.8 Å². The predicted molar refractivity (Wildman–Crippen MR) is 129 cm³/mol. The van der Waals surface area contributed by atoms with Crippen LogP contribution in [0.3, 0.4) is 0 Å². The Hall–Kier alpha value is -1.59. The Morgan fingerprint density at radius 2 is 2.20 bits per heavy atom. The molecule has 10 heteroatoms. The number of hydrogen-bond acceptors (Lipinski definition) is 5. The highest BCUT2D eigenvalue weighted by molar-refractivity contribution is 14.0. The third-order valence-electron chi connectivity index (χ3n) is 5.03. The zero-order valence-electron chi connectivity index (χ0n) is 17.7. The fourth-order valence-corrected chi connectivity index (χ4v) is 3.37. The fraction of sp³-hybridized carbons (Fsp3) is 0.550. The van der Waals surface area contributed by atoms with Gasteiger partial charge in [0.1, 0.15) is 18.1 Å². The van der Waals surface area contributed by atoms with Gasteiger partial charge in [-0.05, 0) is 43.9 Å². The van der Waals surface area contributed by atoms with E-state index < -0.39 is 0 Å². The Bertz CT molecular complexity index is 839. The van der Waals surface area contributed by atoms with Crippen molar-refractivity contribution in [2.24, 2.45) is 12.0 Å². The van der Waals surface area contributed by atoms with Gasteiger partial charge < -0.3 is 24.7 Å². The van der Waals surface area contributed by atoms with Gasteiger partial charge in [0.15, 0.2) is 11.8 Å². The molecule has 1 unspecified atom stereocenters. The summed E-state index contributed by atoms with van der Waals surface area (Å²) in [5.41, 5.74) is 1.06. The number of aromatic nitrogens is 3. The van der Waals surface area contributed by atoms with Crippen LogP contribution in [0, 0.1) is 6.92 Å². The zero-order chi connectivity index (χ0) is 20.6. The number of guanidine groups is 1. The second-order valence-corrected chi connectivity index (χ2v) is 7.44. The molecular formula is C20H30ClIN6O2. The van der Waals surface area contributed by atoms with Gasteiger partial charge in [0, 0.05) is 31.8 Å². The number of methoxy groups -OCH3 is 1. The maximum absolute atomic E-state index is 6.34. The van der Waals surface area contributed by atoms with Crippen LogP contribution in [-0.4, -0.2) is 53.6 Å². The topological polar surface area (TPSA) is 85.6 Å². The minimum Gasteiger partial charge on any atom is -0.497 e. The number of halogens is 2. The molecule has 0 bridgehead atoms. The van der Waals surface area contributed by atoms with Gasteiger partial charge in [-0.3, -0.25) is 0 Å². The van der Waals surface area contributed by atoms with Crippen molar-refractivity contribution in [2.75, 3.05) is 26.8 Å². The number of hydrogen-bond donors (Lipinski definition) is 2. The van der Waals surface area contributed by atoms with E-state index >= 15 is 0 Å². The molecule has 0 spiro atoms. The average Bonchev–Trinajstić information content (AvgIpc) is 3.35. The number of aryl methyl sites for hydroxylation is 1. The molecule has 1 aliphatic heterocycles. The molecule has 3 rings (SSSR count). The molecular weight excluding hydrogens is 519 g/mol. The Balaban J connectivity index is 0.00000320. The maximum atomic E-state index is 6.34. The normalized spacial score (nSPS) is 16.3. The number of rotatable bonds is 8. The Labute approximate surface area is 199 Å². The van der Waals surface area contributed by atoms with Crippen LogP contribution in [0.1, 0.15) is 30.1 Å². The first-order valence-corrected chi connectivity index (χ1v) is 10.3. The van der Waals surface area contributed by atoms with E-state index in [-0.39, 0.29) is 30.1 Å². The summed E-state index contributed by atoms with van der Waals surface area (Å²) < 4.78 is 12.8. The molecule has 1 aromatic heterocycles. The Morgan fingerprint density at radius 3 is 2.83 bits per heavy atom. The van der Waals surface area contributed by atoms with E-state index in [0.29, 0.717) is 18.1 Å². The summed E-state index contributed by atoms with van der Waals surface area (Å²) in [6.07, 6.45) is 3.19. The quantitative estimate of drug-likeness (QED) is 0.300. The second-order valence-electron chi connectivity index (χ2n) is 7.04. The molecule has 2 N–H and O–H groups in total. The van der Waals surface area contributed by atoms with E-state index in [9.17, 15) is 0 Å². The van der Waals surface area contributed by atoms with Crippen molar-refractivity contribution < 1.29 is 9.47 Å². The maximum Gasteiger partial charge on any atom is 0.191 e. The highest BCUT2D eigenvalue weighted by Gasteiger charge is 2.16. The summed E-state index contributed by atoms with van der Waals surface area (Å²) in [4.78, 5) is 4.67. The standard InChI is InChI=1S/C20H29ClN6O2.HI/c1-14-25-26-19(27(14)2)13-24-20(23-12-17-5-4-10-29-17)22-9-8-15-6-7-16(28-3)11-18(15)21;/h6-7,11,17H,4-5,8-10,12-13H2,1-3H3,(H2,22,23,24);1H. The van der Waals surface area contributed by atoms with Crippen molar-refractivity contribution in [3.8, 4) is 5.75 Å². The minimum atomic E-state index is 0. The smallest absolute Gasteiger partial charge is 0.191 e. The van der Waals surface area contributed by atoms with Crippen LogP contribution in [0.4, 0.5) is 0 Å². The fourth-order valence-electron chi connectivity index (χ4n) is 3.10. The third kappa shape index (κ3) is 6.98. The minimum absolute atomic E-state index is 0. The summed E-state index contributed by atoms with van der Waals surface area (Å²) in [5.74, 6) is 3.17. The van der Waals surface area contributed by atoms with Gasteiger partial charge in [-0.2, -0.15) is 0 Å². The van der Waals surface area contributed by atoms with Crippen molar-refractivity contribution in [2.45, 2.75) is 38.8 Å². The van der Waals surface area contributed by atoms with Crippen molar-refractivity contribution in [3.63, 3.8) is 0 Å². The number of ether oxygens (including phenoxy) is 2. The van der Waals surface area contributed by atoms with Crippen LogP contribution in [0.15, 0.2) is 23.2 Å². The molecule has 166 valence electrons. The summed E-state index contributed by atoms with van der Waals surface area (Å²) in [7, 11) is 3.58. The molecule has 0 aliphatic carbocycles. The third-order valence-corrected chi connectivity index (χ3v) is 5.38. The van der Waals surface area contributed by atoms with Crippen molar-refractivity contribution in [1.29, 1.82) is 0 Å². The molecule has 0 radical (unpaired) electrons. The molecule has 1 aliphatic rings. The van der Waals surface area contributed by atoms with E-state index in [1.54, 1.807) is 7.11 Å². The van der Waals surface area contributed by atoms with Crippen molar-refractivity contribution in [3.05, 3.63) is 40.4 Å². The van der Waals surface area contributed by atoms with E-state index in [2.05, 4.69) is 25.8 Å². The van der Waals surface area contributed by atoms with E-state index in [1.807, 2.05) is 36.7 Å². The zero-order valence-corrected chi connectivity index (χ0v) is 20.7. The van der Waals surface area contributed by atoms with Gasteiger partial charge >= 0.3 is 0 Å². The summed E-state index contributed by atoms with van der Waals surface area (Å²) >= 11 is 6.34. The lowest BCUT2D eigenvalue weighted by atomic mass is 10.1. The van der Waals surface area contributed by atoms with Crippen LogP contribution in [0.2, 0.25) is 5.02 Å². The van der Waals surface area contributed by atoms with Gasteiger partial charge in [0.2, 0.25) is 0 Å². The number of benzene rings is 1. The molecule has 1 aromatic carbocycles. The number of aliphatic imine (C=N–C) groups is 1. The van der Waals surface area contributed by atoms with Crippen molar-refractivity contribution >= 4 is 41.5 Å². The van der Waals surface area contributed by atoms with Crippen LogP contribution in [0.25, 0.3) is 0 Å².